The van der Waals surface area contributed by atoms with Gasteiger partial charge in [-0.05, 0) is 0 Å². The number of halogens is 2. The van der Waals surface area contributed by atoms with Gasteiger partial charge >= 0.3 is 15.6 Å². The third-order valence-corrected chi connectivity index (χ3v) is 9.20. The Kier molecular flexibility index (Phi) is 7.24. The Bertz CT molecular complexity index is 1940. The van der Waals surface area contributed by atoms with Crippen molar-refractivity contribution in [1.29, 1.82) is 0 Å². The van der Waals surface area contributed by atoms with Gasteiger partial charge < -0.3 is 30.7 Å². The monoisotopic (exact) mass is 678 g/mol. The number of aromatic amines is 1. The molecule has 3 aliphatic heterocycles. The van der Waals surface area contributed by atoms with Crippen molar-refractivity contribution < 1.29 is 55.3 Å². The van der Waals surface area contributed by atoms with Crippen molar-refractivity contribution in [3.8, 4) is 0 Å². The minimum atomic E-state index is -5.23. The normalized spacial score (nSPS) is 37.7. The molecule has 7 rings (SSSR count). The van der Waals surface area contributed by atoms with Gasteiger partial charge in [0.15, 0.2) is 47.4 Å². The number of phosphoric acid groups is 2. The van der Waals surface area contributed by atoms with Gasteiger partial charge in [0.1, 0.15) is 36.3 Å². The first-order valence-corrected chi connectivity index (χ1v) is 15.9. The van der Waals surface area contributed by atoms with Crippen LogP contribution in [0.4, 0.5) is 20.5 Å². The van der Waals surface area contributed by atoms with Crippen LogP contribution in [0.5, 0.6) is 0 Å². The number of rotatable bonds is 2. The summed E-state index contributed by atoms with van der Waals surface area (Å²) in [6.07, 6.45) is -11.8. The average Bonchev–Trinajstić information content (AvgIpc) is 3.72. The number of anilines is 2. The molecule has 3 aliphatic rings. The second kappa shape index (κ2) is 10.8. The maximum atomic E-state index is 15.9. The van der Waals surface area contributed by atoms with Crippen molar-refractivity contribution in [2.24, 2.45) is 0 Å². The van der Waals surface area contributed by atoms with Crippen LogP contribution in [0.25, 0.3) is 22.3 Å². The lowest BCUT2D eigenvalue weighted by Gasteiger charge is -2.25. The molecule has 0 aromatic carbocycles. The summed E-state index contributed by atoms with van der Waals surface area (Å²) in [7, 11) is -10.4. The Hall–Kier alpha value is -3.50. The Morgan fingerprint density at radius 2 is 1.47 bits per heavy atom. The standard InChI is InChI=1S/C20H22F2N10O11P2/c21-8-6-1-38-44(34,35)42-12-7(41-18(9(12)22)31-4-27-10-14(23)25-3-26-15(10)31)2-39-45(36,37)43-13(8)19(40-6)32-5-28-11-16(32)29-20(24)30-17(11)33/h3-9,12-13,18-19H,1-2H2,(H,34,35)(H,36,37)(H2,23,25,26)(H3,24,29,30,33)/t6-,7-,8?,9?,12?,13?,18-,19-/m1/s1. The van der Waals surface area contributed by atoms with Crippen molar-refractivity contribution in [3.05, 3.63) is 29.3 Å². The SMILES string of the molecule is Nc1nc2c(ncn2[C@@H]2O[C@@H]3COP(=O)(O)OC4C(F)[C@H](n5cnc6c(N)ncnc65)O[C@@H]4COP(=O)(O)OC2C3F)c(=O)[nH]1. The highest BCUT2D eigenvalue weighted by atomic mass is 31.2. The number of hydrogen-bond donors (Lipinski definition) is 5. The Morgan fingerprint density at radius 1 is 0.844 bits per heavy atom. The highest BCUT2D eigenvalue weighted by Crippen LogP contribution is 2.54. The van der Waals surface area contributed by atoms with E-state index in [9.17, 15) is 23.7 Å². The van der Waals surface area contributed by atoms with Crippen LogP contribution in [0.3, 0.4) is 0 Å². The molecule has 6 unspecified atom stereocenters. The van der Waals surface area contributed by atoms with E-state index in [2.05, 4.69) is 29.9 Å². The number of nitrogens with zero attached hydrogens (tertiary/aromatic N) is 7. The molecule has 0 saturated carbocycles. The zero-order chi connectivity index (χ0) is 31.8. The van der Waals surface area contributed by atoms with Gasteiger partial charge in [0.25, 0.3) is 5.56 Å². The lowest BCUT2D eigenvalue weighted by Crippen LogP contribution is -2.34. The van der Waals surface area contributed by atoms with E-state index in [0.717, 1.165) is 28.1 Å². The van der Waals surface area contributed by atoms with Crippen molar-refractivity contribution in [1.82, 2.24) is 39.0 Å². The first kappa shape index (κ1) is 30.2. The van der Waals surface area contributed by atoms with Crippen LogP contribution in [0.1, 0.15) is 12.5 Å². The molecular formula is C20H22F2N10O11P2. The van der Waals surface area contributed by atoms with Gasteiger partial charge in [-0.1, -0.05) is 0 Å². The number of nitrogens with one attached hydrogen (secondary N) is 1. The molecule has 242 valence electrons. The summed E-state index contributed by atoms with van der Waals surface area (Å²) in [5.41, 5.74) is 10.4. The van der Waals surface area contributed by atoms with Crippen molar-refractivity contribution in [2.75, 3.05) is 24.7 Å². The molecule has 7 N–H and O–H groups in total. The second-order valence-electron chi connectivity index (χ2n) is 10.0. The third-order valence-electron chi connectivity index (χ3n) is 7.23. The molecule has 0 radical (unpaired) electrons. The number of hydrogen-bond acceptors (Lipinski definition) is 16. The largest absolute Gasteiger partial charge is 0.472 e. The highest BCUT2D eigenvalue weighted by Gasteiger charge is 2.55. The number of H-pyrrole nitrogens is 1. The molecule has 0 spiro atoms. The van der Waals surface area contributed by atoms with Crippen LogP contribution in [-0.2, 0) is 36.7 Å². The van der Waals surface area contributed by atoms with Gasteiger partial charge in [-0.15, -0.1) is 0 Å². The van der Waals surface area contributed by atoms with Crippen LogP contribution in [0.2, 0.25) is 0 Å². The zero-order valence-corrected chi connectivity index (χ0v) is 24.1. The Labute approximate surface area is 247 Å². The topological polar surface area (TPSA) is 289 Å². The molecule has 3 saturated heterocycles. The highest BCUT2D eigenvalue weighted by molar-refractivity contribution is 7.47. The smallest absolute Gasteiger partial charge is 0.382 e. The predicted molar refractivity (Wildman–Crippen MR) is 141 cm³/mol. The molecule has 3 fully saturated rings. The summed E-state index contributed by atoms with van der Waals surface area (Å²) in [6, 6.07) is 0. The number of nitrogens with two attached hydrogens (primary N) is 2. The number of phosphoric ester groups is 2. The summed E-state index contributed by atoms with van der Waals surface area (Å²) in [4.78, 5) is 55.2. The van der Waals surface area contributed by atoms with E-state index in [4.69, 9.17) is 39.0 Å². The van der Waals surface area contributed by atoms with Gasteiger partial charge in [-0.25, -0.2) is 37.8 Å². The minimum absolute atomic E-state index is 0.0167. The molecule has 4 aromatic heterocycles. The third kappa shape index (κ3) is 5.29. The predicted octanol–water partition coefficient (Wildman–Crippen LogP) is -0.387. The van der Waals surface area contributed by atoms with Gasteiger partial charge in [-0.2, -0.15) is 4.98 Å². The second-order valence-corrected chi connectivity index (χ2v) is 12.9. The number of nitrogen functional groups attached to an aromatic ring is 2. The van der Waals surface area contributed by atoms with E-state index >= 15 is 8.78 Å². The maximum absolute atomic E-state index is 15.9. The average molecular weight is 678 g/mol. The minimum Gasteiger partial charge on any atom is -0.382 e. The maximum Gasteiger partial charge on any atom is 0.472 e. The fourth-order valence-electron chi connectivity index (χ4n) is 5.23. The summed E-state index contributed by atoms with van der Waals surface area (Å²) >= 11 is 0. The first-order chi connectivity index (χ1) is 21.3. The van der Waals surface area contributed by atoms with E-state index < -0.39 is 83.6 Å². The number of aromatic nitrogens is 8. The van der Waals surface area contributed by atoms with Gasteiger partial charge in [0, 0.05) is 0 Å². The molecule has 45 heavy (non-hydrogen) atoms. The van der Waals surface area contributed by atoms with Gasteiger partial charge in [0.2, 0.25) is 5.95 Å². The van der Waals surface area contributed by atoms with Crippen molar-refractivity contribution >= 4 is 49.7 Å². The number of alkyl halides is 2. The summed E-state index contributed by atoms with van der Waals surface area (Å²) in [5.74, 6) is -0.342. The quantitative estimate of drug-likeness (QED) is 0.169. The molecule has 4 aromatic rings. The van der Waals surface area contributed by atoms with Gasteiger partial charge in [0.05, 0.1) is 25.9 Å². The lowest BCUT2D eigenvalue weighted by atomic mass is 10.1. The number of fused-ring (bicyclic) bond motifs is 5. The molecule has 0 amide bonds. The summed E-state index contributed by atoms with van der Waals surface area (Å²) in [6.45, 7) is -1.94. The van der Waals surface area contributed by atoms with E-state index in [-0.39, 0.29) is 34.1 Å². The van der Waals surface area contributed by atoms with Crippen LogP contribution in [-0.4, -0.2) is 98.8 Å². The Morgan fingerprint density at radius 3 is 2.20 bits per heavy atom. The van der Waals surface area contributed by atoms with Crippen molar-refractivity contribution in [3.63, 3.8) is 0 Å². The fraction of sp³-hybridized carbons (Fsp3) is 0.500. The first-order valence-electron chi connectivity index (χ1n) is 12.9. The van der Waals surface area contributed by atoms with Crippen molar-refractivity contribution in [2.45, 2.75) is 49.2 Å². The van der Waals surface area contributed by atoms with E-state index in [0.29, 0.717) is 0 Å². The summed E-state index contributed by atoms with van der Waals surface area (Å²) in [5, 5.41) is 0. The molecular weight excluding hydrogens is 656 g/mol. The molecule has 0 aliphatic carbocycles. The van der Waals surface area contributed by atoms with E-state index in [1.807, 2.05) is 0 Å². The molecule has 21 nitrogen and oxygen atoms in total. The lowest BCUT2D eigenvalue weighted by molar-refractivity contribution is -0.0669. The molecule has 7 heterocycles. The summed E-state index contributed by atoms with van der Waals surface area (Å²) < 4.78 is 91.3. The van der Waals surface area contributed by atoms with Crippen LogP contribution < -0.4 is 17.0 Å². The van der Waals surface area contributed by atoms with Crippen LogP contribution in [0.15, 0.2) is 23.8 Å². The Balaban J connectivity index is 1.21. The van der Waals surface area contributed by atoms with Gasteiger partial charge in [-0.3, -0.25) is 37.0 Å². The fourth-order valence-corrected chi connectivity index (χ4v) is 7.11. The van der Waals surface area contributed by atoms with E-state index in [1.54, 1.807) is 0 Å². The number of ether oxygens (including phenoxy) is 2. The molecule has 2 bridgehead atoms. The van der Waals surface area contributed by atoms with Crippen LogP contribution >= 0.6 is 15.6 Å². The van der Waals surface area contributed by atoms with E-state index in [1.165, 1.54) is 0 Å². The van der Waals surface area contributed by atoms with Crippen LogP contribution in [0, 0.1) is 0 Å². The number of imidazole rings is 2. The molecule has 10 atom stereocenters. The zero-order valence-electron chi connectivity index (χ0n) is 22.3. The molecule has 25 heteroatoms.